The van der Waals surface area contributed by atoms with Crippen molar-refractivity contribution in [3.05, 3.63) is 208 Å². The second-order valence-corrected chi connectivity index (χ2v) is 28.2. The zero-order chi connectivity index (χ0) is 68.7. The lowest BCUT2D eigenvalue weighted by atomic mass is 9.73. The van der Waals surface area contributed by atoms with Gasteiger partial charge in [-0.1, -0.05) is 20.8 Å². The predicted molar refractivity (Wildman–Crippen MR) is 383 cm³/mol. The van der Waals surface area contributed by atoms with Gasteiger partial charge in [0.25, 0.3) is 17.4 Å². The summed E-state index contributed by atoms with van der Waals surface area (Å²) in [5.74, 6) is 5.56. The molecule has 4 fully saturated rings. The Bertz CT molecular complexity index is 5250. The zero-order valence-corrected chi connectivity index (χ0v) is 56.5. The summed E-state index contributed by atoms with van der Waals surface area (Å²) in [4.78, 5) is 90.0. The minimum atomic E-state index is -0.214. The van der Waals surface area contributed by atoms with E-state index in [2.05, 4.69) is 99.4 Å². The largest absolute Gasteiger partial charge is 0.351 e. The molecule has 18 nitrogen and oxygen atoms in total. The highest BCUT2D eigenvalue weighted by atomic mass is 19.1. The summed E-state index contributed by atoms with van der Waals surface area (Å²) >= 11 is 0. The summed E-state index contributed by atoms with van der Waals surface area (Å²) in [6.07, 6.45) is 25.3. The van der Waals surface area contributed by atoms with Crippen LogP contribution >= 0.6 is 0 Å². The van der Waals surface area contributed by atoms with Crippen molar-refractivity contribution < 1.29 is 22.8 Å². The molecule has 6 N–H and O–H groups in total. The number of fused-ring (bicyclic) bond motifs is 7. The fraction of sp³-hybridized carbons (Fsp3) is 0.367. The van der Waals surface area contributed by atoms with Crippen molar-refractivity contribution in [3.63, 3.8) is 0 Å². The molecule has 4 aromatic carbocycles. The lowest BCUT2D eigenvalue weighted by molar-refractivity contribution is 0.0942. The Labute approximate surface area is 575 Å². The van der Waals surface area contributed by atoms with Crippen molar-refractivity contribution in [1.82, 2.24) is 75.4 Å². The first-order valence-electron chi connectivity index (χ1n) is 35.4. The molecular formula is C79H80F3N15O3. The van der Waals surface area contributed by atoms with Crippen molar-refractivity contribution in [2.45, 2.75) is 159 Å². The molecule has 100 heavy (non-hydrogen) atoms. The highest BCUT2D eigenvalue weighted by Crippen LogP contribution is 2.46. The normalized spacial score (nSPS) is 20.4. The van der Waals surface area contributed by atoms with Crippen molar-refractivity contribution in [3.8, 4) is 0 Å². The third-order valence-corrected chi connectivity index (χ3v) is 22.0. The van der Waals surface area contributed by atoms with E-state index in [0.29, 0.717) is 75.9 Å². The quantitative estimate of drug-likeness (QED) is 0.0630. The molecule has 1 unspecified atom stereocenters. The van der Waals surface area contributed by atoms with Gasteiger partial charge in [0.05, 0.1) is 73.1 Å². The van der Waals surface area contributed by atoms with Crippen molar-refractivity contribution >= 4 is 88.7 Å². The van der Waals surface area contributed by atoms with Crippen LogP contribution in [0.15, 0.2) is 139 Å². The van der Waals surface area contributed by atoms with Crippen LogP contribution in [0.5, 0.6) is 0 Å². The van der Waals surface area contributed by atoms with Crippen molar-refractivity contribution in [2.75, 3.05) is 6.54 Å². The van der Waals surface area contributed by atoms with Crippen LogP contribution in [0.1, 0.15) is 208 Å². The Kier molecular flexibility index (Phi) is 18.5. The molecule has 21 heteroatoms. The van der Waals surface area contributed by atoms with Gasteiger partial charge < -0.3 is 30.6 Å². The van der Waals surface area contributed by atoms with Gasteiger partial charge in [-0.15, -0.1) is 0 Å². The summed E-state index contributed by atoms with van der Waals surface area (Å²) in [7, 11) is 0. The van der Waals surface area contributed by atoms with Crippen LogP contribution in [0.25, 0.3) is 76.8 Å². The SMILES string of the molecule is CC(c1nc2cc3nc[nH]c(=O)c3cc2[nH]1)C1CCC(c2ccnc3ccc(F)cc23)CC1.CCNC(=O)c1cc2nc([C@H](C)C3CCC(c4ccnc5ccc(F)cc45)CC3)[nH]c2cn1.C[C@@H](c1nc2ncc(C(=O)NC3CC3)cc2[nH]1)C1CCC(c2ccnc3ccc(F)cc23)CC1. The minimum absolute atomic E-state index is 0.0667. The number of benzene rings is 4. The lowest BCUT2D eigenvalue weighted by Gasteiger charge is -2.32. The average molecular weight is 1340 g/mol. The highest BCUT2D eigenvalue weighted by Gasteiger charge is 2.33. The summed E-state index contributed by atoms with van der Waals surface area (Å²) in [5.41, 5.74) is 12.4. The number of hydrogen-bond donors (Lipinski definition) is 6. The summed E-state index contributed by atoms with van der Waals surface area (Å²) in [6, 6.07) is 28.3. The molecule has 0 aliphatic heterocycles. The van der Waals surface area contributed by atoms with Crippen LogP contribution in [0.4, 0.5) is 13.2 Å². The standard InChI is InChI=1S/C27H28FN5O.C26H24FN5O.C26H28FN5O/c1-15(25-32-24-12-18(14-30-26(24)33-25)27(34)31-20-7-8-20)16-2-4-17(5-3-16)21-10-11-29-23-9-6-19(28)13-22(21)23;1-14(25-31-23-11-20-22(12-24(23)32-25)29-13-30-26(20)33)15-2-4-16(5-3-15)18-8-9-28-21-7-6-17(27)10-19(18)21;1-3-28-26(33)23-13-22-24(14-30-23)32-25(31-22)15(2)16-4-6-17(7-5-16)19-10-11-29-21-9-8-18(27)12-20(19)21/h6,9-17,20H,2-5,7-8H2,1H3,(H,31,34)(H,30,32,33);6-16H,2-5H2,1H3,(H,31,32)(H,29,30,33);8-17H,3-7H2,1-2H3,(H,28,33)(H,31,32)/t15-,16?,17?;;15-,16?,17?/m1.1/s1. The Hall–Kier alpha value is -10.3. The number of halogens is 3. The van der Waals surface area contributed by atoms with Crippen LogP contribution in [0, 0.1) is 35.2 Å². The molecule has 4 aliphatic carbocycles. The number of imidazole rings is 3. The summed E-state index contributed by atoms with van der Waals surface area (Å²) in [5, 5.41) is 9.15. The maximum Gasteiger partial charge on any atom is 0.269 e. The Morgan fingerprint density at radius 3 is 1.42 bits per heavy atom. The summed E-state index contributed by atoms with van der Waals surface area (Å²) < 4.78 is 41.6. The van der Waals surface area contributed by atoms with Crippen LogP contribution in [0.2, 0.25) is 0 Å². The molecule has 510 valence electrons. The number of nitrogens with zero attached hydrogens (tertiary/aromatic N) is 9. The number of H-pyrrole nitrogens is 4. The van der Waals surface area contributed by atoms with E-state index in [4.69, 9.17) is 15.0 Å². The fourth-order valence-corrected chi connectivity index (χ4v) is 16.0. The maximum atomic E-state index is 13.9. The molecule has 0 spiro atoms. The molecule has 9 heterocycles. The van der Waals surface area contributed by atoms with Gasteiger partial charge in [0, 0.05) is 71.3 Å². The lowest BCUT2D eigenvalue weighted by Crippen LogP contribution is -2.25. The highest BCUT2D eigenvalue weighted by molar-refractivity contribution is 5.97. The molecular weight excluding hydrogens is 1260 g/mol. The third kappa shape index (κ3) is 13.8. The topological polar surface area (TPSA) is 254 Å². The first kappa shape index (κ1) is 65.6. The molecule has 4 aliphatic rings. The molecule has 4 saturated carbocycles. The van der Waals surface area contributed by atoms with E-state index < -0.39 is 0 Å². The van der Waals surface area contributed by atoms with Crippen LogP contribution < -0.4 is 16.2 Å². The van der Waals surface area contributed by atoms with E-state index in [1.807, 2.05) is 43.7 Å². The van der Waals surface area contributed by atoms with Gasteiger partial charge >= 0.3 is 0 Å². The van der Waals surface area contributed by atoms with Gasteiger partial charge in [0.2, 0.25) is 0 Å². The second kappa shape index (κ2) is 28.1. The van der Waals surface area contributed by atoms with Crippen LogP contribution in [-0.2, 0) is 0 Å². The molecule has 0 radical (unpaired) electrons. The van der Waals surface area contributed by atoms with Gasteiger partial charge in [-0.3, -0.25) is 29.3 Å². The number of hydrogen-bond acceptors (Lipinski definition) is 12. The van der Waals surface area contributed by atoms with E-state index in [0.717, 1.165) is 168 Å². The minimum Gasteiger partial charge on any atom is -0.351 e. The number of pyridine rings is 5. The van der Waals surface area contributed by atoms with E-state index >= 15 is 0 Å². The zero-order valence-electron chi connectivity index (χ0n) is 56.5. The number of aromatic nitrogens is 13. The van der Waals surface area contributed by atoms with Gasteiger partial charge in [0.1, 0.15) is 40.6 Å². The van der Waals surface area contributed by atoms with E-state index in [9.17, 15) is 27.6 Å². The number of amides is 2. The van der Waals surface area contributed by atoms with E-state index in [-0.39, 0.29) is 52.6 Å². The molecule has 0 bridgehead atoms. The molecule has 17 rings (SSSR count). The van der Waals surface area contributed by atoms with Crippen molar-refractivity contribution in [1.29, 1.82) is 0 Å². The molecule has 2 amide bonds. The monoisotopic (exact) mass is 1340 g/mol. The number of carbonyl (C=O) groups excluding carboxylic acids is 2. The number of carbonyl (C=O) groups is 2. The Morgan fingerprint density at radius 1 is 0.460 bits per heavy atom. The Morgan fingerprint density at radius 2 is 0.930 bits per heavy atom. The van der Waals surface area contributed by atoms with Gasteiger partial charge in [-0.05, 0) is 246 Å². The third-order valence-electron chi connectivity index (χ3n) is 22.0. The summed E-state index contributed by atoms with van der Waals surface area (Å²) in [6.45, 7) is 9.12. The number of nitrogens with one attached hydrogen (secondary N) is 6. The van der Waals surface area contributed by atoms with Crippen molar-refractivity contribution in [2.24, 2.45) is 17.8 Å². The smallest absolute Gasteiger partial charge is 0.269 e. The first-order valence-corrected chi connectivity index (χ1v) is 35.4. The van der Waals surface area contributed by atoms with Gasteiger partial charge in [-0.2, -0.15) is 0 Å². The van der Waals surface area contributed by atoms with Gasteiger partial charge in [-0.25, -0.2) is 43.1 Å². The average Bonchev–Trinajstić information content (AvgIpc) is 1.45. The van der Waals surface area contributed by atoms with Gasteiger partial charge in [0.15, 0.2) is 5.65 Å². The van der Waals surface area contributed by atoms with E-state index in [1.165, 1.54) is 41.2 Å². The molecule has 0 saturated heterocycles. The Balaban J connectivity index is 0.000000122. The number of aromatic amines is 4. The number of rotatable bonds is 13. The van der Waals surface area contributed by atoms with E-state index in [1.54, 1.807) is 54.9 Å². The fourth-order valence-electron chi connectivity index (χ4n) is 16.0. The van der Waals surface area contributed by atoms with Crippen LogP contribution in [0.3, 0.4) is 0 Å². The molecule has 9 aromatic heterocycles. The molecule has 3 atom stereocenters. The van der Waals surface area contributed by atoms with Crippen LogP contribution in [-0.4, -0.2) is 89.2 Å². The predicted octanol–water partition coefficient (Wildman–Crippen LogP) is 16.7. The molecule has 13 aromatic rings. The second-order valence-electron chi connectivity index (χ2n) is 28.2. The first-order chi connectivity index (χ1) is 48.6. The maximum absolute atomic E-state index is 13.9.